The highest BCUT2D eigenvalue weighted by Crippen LogP contribution is 2.42. The highest BCUT2D eigenvalue weighted by molar-refractivity contribution is 6.03. The number of hydrogen-bond donors (Lipinski definition) is 2. The zero-order chi connectivity index (χ0) is 30.5. The van der Waals surface area contributed by atoms with Crippen molar-refractivity contribution in [2.45, 2.75) is 38.6 Å². The van der Waals surface area contributed by atoms with E-state index in [4.69, 9.17) is 9.47 Å². The van der Waals surface area contributed by atoms with Crippen molar-refractivity contribution in [3.05, 3.63) is 137 Å². The van der Waals surface area contributed by atoms with Crippen LogP contribution in [0.15, 0.2) is 109 Å². The average molecular weight is 589 g/mol. The van der Waals surface area contributed by atoms with Gasteiger partial charge in [-0.3, -0.25) is 14.7 Å². The lowest BCUT2D eigenvalue weighted by molar-refractivity contribution is -0.276. The van der Waals surface area contributed by atoms with E-state index in [1.807, 2.05) is 78.9 Å². The summed E-state index contributed by atoms with van der Waals surface area (Å²) in [6, 6.07) is 33.3. The van der Waals surface area contributed by atoms with Gasteiger partial charge in [-0.1, -0.05) is 85.8 Å². The minimum absolute atomic E-state index is 0.0106. The number of fused-ring (bicyclic) bond motifs is 1. The number of ether oxygens (including phenoxy) is 2. The van der Waals surface area contributed by atoms with Crippen LogP contribution in [-0.4, -0.2) is 45.6 Å². The third-order valence-electron chi connectivity index (χ3n) is 8.01. The van der Waals surface area contributed by atoms with Crippen LogP contribution in [-0.2, 0) is 22.6 Å². The Labute approximate surface area is 257 Å². The molecule has 1 amide bonds. The molecule has 8 heteroatoms. The first-order valence-electron chi connectivity index (χ1n) is 14.8. The van der Waals surface area contributed by atoms with Gasteiger partial charge in [-0.15, -0.1) is 0 Å². The Kier molecular flexibility index (Phi) is 9.04. The molecule has 1 aliphatic rings. The number of hydrogen-bond acceptors (Lipinski definition) is 7. The Morgan fingerprint density at radius 2 is 1.61 bits per heavy atom. The van der Waals surface area contributed by atoms with E-state index in [9.17, 15) is 9.90 Å². The van der Waals surface area contributed by atoms with Gasteiger partial charge < -0.3 is 19.9 Å². The summed E-state index contributed by atoms with van der Waals surface area (Å²) in [5.41, 5.74) is 6.15. The van der Waals surface area contributed by atoms with Gasteiger partial charge >= 0.3 is 0 Å². The molecule has 0 spiro atoms. The zero-order valence-corrected chi connectivity index (χ0v) is 24.8. The first-order valence-corrected chi connectivity index (χ1v) is 14.8. The van der Waals surface area contributed by atoms with E-state index in [2.05, 4.69) is 58.4 Å². The van der Waals surface area contributed by atoms with Crippen LogP contribution in [0.5, 0.6) is 0 Å². The average Bonchev–Trinajstić information content (AvgIpc) is 3.06. The number of carbonyl (C=O) groups excluding carboxylic acids is 1. The van der Waals surface area contributed by atoms with Crippen LogP contribution in [0.2, 0.25) is 0 Å². The maximum absolute atomic E-state index is 13.1. The lowest BCUT2D eigenvalue weighted by atomic mass is 9.90. The summed E-state index contributed by atoms with van der Waals surface area (Å²) >= 11 is 0. The second-order valence-electron chi connectivity index (χ2n) is 11.3. The van der Waals surface area contributed by atoms with Crippen molar-refractivity contribution in [1.29, 1.82) is 0 Å². The molecule has 44 heavy (non-hydrogen) atoms. The molecule has 2 N–H and O–H groups in total. The quantitative estimate of drug-likeness (QED) is 0.209. The molecule has 224 valence electrons. The van der Waals surface area contributed by atoms with Crippen molar-refractivity contribution in [1.82, 2.24) is 14.9 Å². The number of benzene rings is 4. The van der Waals surface area contributed by atoms with Gasteiger partial charge in [-0.2, -0.15) is 0 Å². The largest absolute Gasteiger partial charge is 0.392 e. The molecule has 4 atom stereocenters. The lowest BCUT2D eigenvalue weighted by Gasteiger charge is -2.42. The molecule has 1 aromatic heterocycles. The number of likely N-dealkylation sites (N-methyl/N-ethyl adjacent to an activating group) is 1. The second-order valence-corrected chi connectivity index (χ2v) is 11.3. The van der Waals surface area contributed by atoms with E-state index in [0.29, 0.717) is 17.7 Å². The molecule has 1 saturated heterocycles. The summed E-state index contributed by atoms with van der Waals surface area (Å²) in [6.45, 7) is 3.65. The van der Waals surface area contributed by atoms with Gasteiger partial charge in [-0.05, 0) is 48.0 Å². The van der Waals surface area contributed by atoms with Crippen LogP contribution >= 0.6 is 0 Å². The molecular weight excluding hydrogens is 552 g/mol. The molecule has 0 unspecified atom stereocenters. The Bertz CT molecular complexity index is 1710. The number of anilines is 1. The van der Waals surface area contributed by atoms with Crippen LogP contribution in [0.25, 0.3) is 11.0 Å². The molecule has 0 bridgehead atoms. The maximum atomic E-state index is 13.1. The molecule has 0 radical (unpaired) electrons. The Morgan fingerprint density at radius 3 is 2.39 bits per heavy atom. The molecular formula is C36H36N4O4. The highest BCUT2D eigenvalue weighted by Gasteiger charge is 2.39. The van der Waals surface area contributed by atoms with Gasteiger partial charge in [0.25, 0.3) is 5.91 Å². The van der Waals surface area contributed by atoms with Crippen LogP contribution in [0, 0.1) is 5.92 Å². The Balaban J connectivity index is 1.23. The number of nitrogens with one attached hydrogen (secondary N) is 1. The zero-order valence-electron chi connectivity index (χ0n) is 24.8. The molecule has 6 rings (SSSR count). The van der Waals surface area contributed by atoms with Gasteiger partial charge in [0.2, 0.25) is 0 Å². The van der Waals surface area contributed by atoms with Crippen molar-refractivity contribution in [2.75, 3.05) is 18.9 Å². The molecule has 0 aliphatic carbocycles. The monoisotopic (exact) mass is 588 g/mol. The Hall–Kier alpha value is -4.47. The number of para-hydroxylation sites is 2. The van der Waals surface area contributed by atoms with E-state index in [-0.39, 0.29) is 36.3 Å². The highest BCUT2D eigenvalue weighted by atomic mass is 16.7. The number of aliphatic hydroxyl groups is 1. The summed E-state index contributed by atoms with van der Waals surface area (Å²) in [7, 11) is 2.10. The third-order valence-corrected chi connectivity index (χ3v) is 8.01. The molecule has 4 aromatic carbocycles. The number of aromatic nitrogens is 2. The predicted octanol–water partition coefficient (Wildman–Crippen LogP) is 6.30. The summed E-state index contributed by atoms with van der Waals surface area (Å²) < 4.78 is 13.3. The normalized spacial score (nSPS) is 20.1. The standard InChI is InChI=1S/C36H36N4O4/c1-24-33(22-40(2)21-25-9-4-3-5-10-25)43-36(44-34(24)27-17-15-26(23-41)16-18-27)28-11-8-12-29(19-28)38-35(42)32-20-37-30-13-6-7-14-31(30)39-32/h3-20,24,33-34,36,41H,21-23H2,1-2H3,(H,38,42)/t24-,33+,34+,36+/m1/s1. The molecule has 2 heterocycles. The number of aliphatic hydroxyl groups excluding tert-OH is 1. The fourth-order valence-electron chi connectivity index (χ4n) is 5.62. The van der Waals surface area contributed by atoms with E-state index in [1.165, 1.54) is 11.8 Å². The first kappa shape index (κ1) is 29.6. The lowest BCUT2D eigenvalue weighted by Crippen LogP contribution is -2.43. The fourth-order valence-corrected chi connectivity index (χ4v) is 5.62. The van der Waals surface area contributed by atoms with E-state index < -0.39 is 6.29 Å². The van der Waals surface area contributed by atoms with E-state index in [0.717, 1.165) is 28.8 Å². The first-order chi connectivity index (χ1) is 21.5. The second kappa shape index (κ2) is 13.4. The number of carbonyl (C=O) groups is 1. The smallest absolute Gasteiger partial charge is 0.275 e. The minimum Gasteiger partial charge on any atom is -0.392 e. The van der Waals surface area contributed by atoms with E-state index >= 15 is 0 Å². The van der Waals surface area contributed by atoms with Crippen LogP contribution in [0.4, 0.5) is 5.69 Å². The molecule has 0 saturated carbocycles. The summed E-state index contributed by atoms with van der Waals surface area (Å²) in [5, 5.41) is 12.5. The van der Waals surface area contributed by atoms with Gasteiger partial charge in [0.1, 0.15) is 5.69 Å². The van der Waals surface area contributed by atoms with Crippen LogP contribution in [0.3, 0.4) is 0 Å². The van der Waals surface area contributed by atoms with Crippen molar-refractivity contribution in [2.24, 2.45) is 5.92 Å². The third kappa shape index (κ3) is 6.85. The Morgan fingerprint density at radius 1 is 0.864 bits per heavy atom. The van der Waals surface area contributed by atoms with Gasteiger partial charge in [0.15, 0.2) is 6.29 Å². The van der Waals surface area contributed by atoms with Gasteiger partial charge in [0.05, 0.1) is 36.0 Å². The molecule has 1 aliphatic heterocycles. The maximum Gasteiger partial charge on any atom is 0.275 e. The molecule has 5 aromatic rings. The molecule has 8 nitrogen and oxygen atoms in total. The molecule has 1 fully saturated rings. The van der Waals surface area contributed by atoms with Crippen LogP contribution in [0.1, 0.15) is 52.1 Å². The SMILES string of the molecule is C[C@@H]1[C@H](CN(C)Cc2ccccc2)O[C@H](c2cccc(NC(=O)c3cnc4ccccc4n3)c2)O[C@@H]1c1ccc(CO)cc1. The predicted molar refractivity (Wildman–Crippen MR) is 170 cm³/mol. The van der Waals surface area contributed by atoms with Crippen molar-refractivity contribution in [3.63, 3.8) is 0 Å². The number of nitrogens with zero attached hydrogens (tertiary/aromatic N) is 3. The van der Waals surface area contributed by atoms with E-state index in [1.54, 1.807) is 0 Å². The fraction of sp³-hybridized carbons (Fsp3) is 0.250. The topological polar surface area (TPSA) is 96.8 Å². The van der Waals surface area contributed by atoms with Gasteiger partial charge in [-0.25, -0.2) is 4.98 Å². The summed E-state index contributed by atoms with van der Waals surface area (Å²) in [4.78, 5) is 24.2. The van der Waals surface area contributed by atoms with Crippen molar-refractivity contribution in [3.8, 4) is 0 Å². The van der Waals surface area contributed by atoms with Crippen LogP contribution < -0.4 is 5.32 Å². The van der Waals surface area contributed by atoms with Crippen molar-refractivity contribution >= 4 is 22.6 Å². The number of amides is 1. The van der Waals surface area contributed by atoms with Crippen molar-refractivity contribution < 1.29 is 19.4 Å². The summed E-state index contributed by atoms with van der Waals surface area (Å²) in [6.07, 6.45) is 0.472. The summed E-state index contributed by atoms with van der Waals surface area (Å²) in [5.74, 6) is -0.291. The minimum atomic E-state index is -0.652. The van der Waals surface area contributed by atoms with Gasteiger partial charge in [0, 0.05) is 30.3 Å². The number of rotatable bonds is 9.